The van der Waals surface area contributed by atoms with Crippen LogP contribution in [0, 0.1) is 6.92 Å². The highest BCUT2D eigenvalue weighted by molar-refractivity contribution is 7.11. The molecule has 1 aromatic rings. The molecule has 1 fully saturated rings. The van der Waals surface area contributed by atoms with Gasteiger partial charge in [-0.1, -0.05) is 6.92 Å². The highest BCUT2D eigenvalue weighted by Gasteiger charge is 2.11. The number of thiazole rings is 1. The molecule has 0 saturated carbocycles. The van der Waals surface area contributed by atoms with Gasteiger partial charge >= 0.3 is 0 Å². The minimum Gasteiger partial charge on any atom is -0.370 e. The molecule has 1 aliphatic heterocycles. The summed E-state index contributed by atoms with van der Waals surface area (Å²) < 4.78 is 0. The van der Waals surface area contributed by atoms with E-state index in [4.69, 9.17) is 5.73 Å². The molecule has 2 N–H and O–H groups in total. The first-order valence-corrected chi connectivity index (χ1v) is 8.02. The number of aryl methyl sites for hydroxylation is 2. The lowest BCUT2D eigenvalue weighted by molar-refractivity contribution is 0.338. The molecule has 0 radical (unpaired) electrons. The second-order valence-corrected chi connectivity index (χ2v) is 6.29. The Balaban J connectivity index is 1.84. The van der Waals surface area contributed by atoms with Crippen molar-refractivity contribution in [2.45, 2.75) is 46.0 Å². The Kier molecular flexibility index (Phi) is 5.19. The molecular weight excluding hydrogens is 256 g/mol. The van der Waals surface area contributed by atoms with E-state index in [0.29, 0.717) is 5.96 Å². The fraction of sp³-hybridized carbons (Fsp3) is 0.714. The van der Waals surface area contributed by atoms with Gasteiger partial charge in [-0.25, -0.2) is 4.98 Å². The Morgan fingerprint density at radius 1 is 1.37 bits per heavy atom. The van der Waals surface area contributed by atoms with E-state index in [1.807, 2.05) is 0 Å². The van der Waals surface area contributed by atoms with Crippen molar-refractivity contribution in [3.63, 3.8) is 0 Å². The number of rotatable bonds is 4. The summed E-state index contributed by atoms with van der Waals surface area (Å²) in [5.74, 6) is 0.712. The molecule has 0 spiro atoms. The number of aromatic nitrogens is 1. The monoisotopic (exact) mass is 280 g/mol. The van der Waals surface area contributed by atoms with Crippen molar-refractivity contribution in [2.75, 3.05) is 19.6 Å². The van der Waals surface area contributed by atoms with E-state index in [-0.39, 0.29) is 0 Å². The molecule has 0 aromatic carbocycles. The molecule has 1 aromatic heterocycles. The summed E-state index contributed by atoms with van der Waals surface area (Å²) in [6.07, 6.45) is 5.72. The molecule has 2 rings (SSSR count). The van der Waals surface area contributed by atoms with Crippen molar-refractivity contribution in [3.05, 3.63) is 15.6 Å². The van der Waals surface area contributed by atoms with Gasteiger partial charge in [0, 0.05) is 30.9 Å². The molecule has 106 valence electrons. The van der Waals surface area contributed by atoms with Gasteiger partial charge in [-0.2, -0.15) is 0 Å². The summed E-state index contributed by atoms with van der Waals surface area (Å²) in [5.41, 5.74) is 7.26. The van der Waals surface area contributed by atoms with E-state index in [0.717, 1.165) is 32.5 Å². The highest BCUT2D eigenvalue weighted by Crippen LogP contribution is 2.18. The lowest BCUT2D eigenvalue weighted by Gasteiger charge is -2.27. The number of piperidine rings is 1. The summed E-state index contributed by atoms with van der Waals surface area (Å²) in [7, 11) is 0. The molecule has 2 heterocycles. The van der Waals surface area contributed by atoms with E-state index >= 15 is 0 Å². The number of hydrogen-bond donors (Lipinski definition) is 1. The molecule has 0 amide bonds. The number of likely N-dealkylation sites (tertiary alicyclic amines) is 1. The molecule has 1 saturated heterocycles. The lowest BCUT2D eigenvalue weighted by atomic mass is 10.1. The van der Waals surface area contributed by atoms with Gasteiger partial charge < -0.3 is 10.6 Å². The number of guanidine groups is 1. The summed E-state index contributed by atoms with van der Waals surface area (Å²) in [6, 6.07) is 0. The van der Waals surface area contributed by atoms with Gasteiger partial charge in [0.1, 0.15) is 0 Å². The van der Waals surface area contributed by atoms with Crippen LogP contribution in [0.3, 0.4) is 0 Å². The normalized spacial score (nSPS) is 16.9. The Morgan fingerprint density at radius 3 is 2.74 bits per heavy atom. The summed E-state index contributed by atoms with van der Waals surface area (Å²) in [5, 5.41) is 1.18. The first kappa shape index (κ1) is 14.3. The Hall–Kier alpha value is -1.10. The first-order valence-electron chi connectivity index (χ1n) is 7.20. The molecule has 5 heteroatoms. The van der Waals surface area contributed by atoms with Gasteiger partial charge in [0.15, 0.2) is 5.96 Å². The lowest BCUT2D eigenvalue weighted by Crippen LogP contribution is -2.41. The van der Waals surface area contributed by atoms with E-state index in [2.05, 4.69) is 28.7 Å². The Morgan fingerprint density at radius 2 is 2.11 bits per heavy atom. The smallest absolute Gasteiger partial charge is 0.191 e. The van der Waals surface area contributed by atoms with Gasteiger partial charge in [0.2, 0.25) is 0 Å². The summed E-state index contributed by atoms with van der Waals surface area (Å²) in [4.78, 5) is 12.7. The van der Waals surface area contributed by atoms with Gasteiger partial charge in [-0.15, -0.1) is 11.3 Å². The molecule has 0 aliphatic carbocycles. The van der Waals surface area contributed by atoms with E-state index in [1.54, 1.807) is 11.3 Å². The van der Waals surface area contributed by atoms with E-state index in [1.165, 1.54) is 34.8 Å². The van der Waals surface area contributed by atoms with Crippen LogP contribution in [0.4, 0.5) is 0 Å². The molecule has 0 atom stereocenters. The molecular formula is C14H24N4S. The highest BCUT2D eigenvalue weighted by atomic mass is 32.1. The number of nitrogens with two attached hydrogens (primary N) is 1. The minimum atomic E-state index is 0.712. The van der Waals surface area contributed by atoms with Crippen LogP contribution in [0.15, 0.2) is 4.99 Å². The van der Waals surface area contributed by atoms with E-state index < -0.39 is 0 Å². The quantitative estimate of drug-likeness (QED) is 0.680. The van der Waals surface area contributed by atoms with Crippen LogP contribution in [-0.2, 0) is 12.8 Å². The van der Waals surface area contributed by atoms with Gasteiger partial charge in [-0.05, 0) is 32.6 Å². The zero-order valence-electron chi connectivity index (χ0n) is 12.0. The summed E-state index contributed by atoms with van der Waals surface area (Å²) in [6.45, 7) is 7.17. The van der Waals surface area contributed by atoms with Crippen LogP contribution in [0.5, 0.6) is 0 Å². The molecule has 4 nitrogen and oxygen atoms in total. The number of nitrogens with zero attached hydrogens (tertiary/aromatic N) is 3. The maximum Gasteiger partial charge on any atom is 0.191 e. The van der Waals surface area contributed by atoms with Crippen molar-refractivity contribution >= 4 is 17.3 Å². The van der Waals surface area contributed by atoms with Crippen LogP contribution in [-0.4, -0.2) is 35.5 Å². The Labute approximate surface area is 119 Å². The number of hydrogen-bond acceptors (Lipinski definition) is 3. The molecule has 0 bridgehead atoms. The molecule has 0 unspecified atom stereocenters. The number of aliphatic imine (C=N–C) groups is 1. The second kappa shape index (κ2) is 6.89. The Bertz CT molecular complexity index is 433. The van der Waals surface area contributed by atoms with Crippen molar-refractivity contribution in [3.8, 4) is 0 Å². The van der Waals surface area contributed by atoms with Crippen molar-refractivity contribution < 1.29 is 0 Å². The third kappa shape index (κ3) is 3.93. The fourth-order valence-electron chi connectivity index (χ4n) is 2.41. The van der Waals surface area contributed by atoms with Gasteiger partial charge in [0.25, 0.3) is 0 Å². The zero-order chi connectivity index (χ0) is 13.7. The maximum absolute atomic E-state index is 6.03. The summed E-state index contributed by atoms with van der Waals surface area (Å²) >= 11 is 1.79. The fourth-order valence-corrected chi connectivity index (χ4v) is 3.42. The van der Waals surface area contributed by atoms with Crippen LogP contribution < -0.4 is 5.73 Å². The van der Waals surface area contributed by atoms with Crippen molar-refractivity contribution in [1.82, 2.24) is 9.88 Å². The minimum absolute atomic E-state index is 0.712. The SMILES string of the molecule is CCc1nc(CCN=C(N)N2CCCCC2)sc1C. The predicted molar refractivity (Wildman–Crippen MR) is 81.8 cm³/mol. The average molecular weight is 280 g/mol. The molecule has 19 heavy (non-hydrogen) atoms. The van der Waals surface area contributed by atoms with Crippen LogP contribution in [0.1, 0.15) is 41.8 Å². The van der Waals surface area contributed by atoms with Gasteiger partial charge in [0.05, 0.1) is 10.7 Å². The zero-order valence-corrected chi connectivity index (χ0v) is 12.8. The average Bonchev–Trinajstić information content (AvgIpc) is 2.80. The maximum atomic E-state index is 6.03. The standard InChI is InChI=1S/C14H24N4S/c1-3-12-11(2)19-13(17-12)7-8-16-14(15)18-9-5-4-6-10-18/h3-10H2,1-2H3,(H2,15,16). The van der Waals surface area contributed by atoms with Crippen LogP contribution in [0.2, 0.25) is 0 Å². The van der Waals surface area contributed by atoms with Crippen LogP contribution >= 0.6 is 11.3 Å². The third-order valence-electron chi connectivity index (χ3n) is 3.55. The van der Waals surface area contributed by atoms with Crippen molar-refractivity contribution in [2.24, 2.45) is 10.7 Å². The third-order valence-corrected chi connectivity index (χ3v) is 4.62. The molecule has 1 aliphatic rings. The second-order valence-electron chi connectivity index (χ2n) is 5.00. The first-order chi connectivity index (χ1) is 9.20. The van der Waals surface area contributed by atoms with Crippen molar-refractivity contribution in [1.29, 1.82) is 0 Å². The predicted octanol–water partition coefficient (Wildman–Crippen LogP) is 2.36. The van der Waals surface area contributed by atoms with Crippen LogP contribution in [0.25, 0.3) is 0 Å². The van der Waals surface area contributed by atoms with Gasteiger partial charge in [-0.3, -0.25) is 4.99 Å². The largest absolute Gasteiger partial charge is 0.370 e. The topological polar surface area (TPSA) is 54.5 Å². The van der Waals surface area contributed by atoms with E-state index in [9.17, 15) is 0 Å².